The lowest BCUT2D eigenvalue weighted by Gasteiger charge is -2.02. The highest BCUT2D eigenvalue weighted by molar-refractivity contribution is 7.80. The van der Waals surface area contributed by atoms with Crippen molar-refractivity contribution >= 4 is 45.3 Å². The van der Waals surface area contributed by atoms with Gasteiger partial charge in [-0.25, -0.2) is 4.39 Å². The number of hydrogen-bond donors (Lipinski definition) is 3. The number of aromatic amines is 1. The first-order valence-corrected chi connectivity index (χ1v) is 7.32. The van der Waals surface area contributed by atoms with E-state index in [1.165, 1.54) is 42.5 Å². The molecule has 10 heteroatoms. The van der Waals surface area contributed by atoms with Crippen molar-refractivity contribution in [2.75, 3.05) is 5.32 Å². The van der Waals surface area contributed by atoms with Gasteiger partial charge in [0.2, 0.25) is 11.0 Å². The zero-order valence-electron chi connectivity index (χ0n) is 12.4. The van der Waals surface area contributed by atoms with Gasteiger partial charge < -0.3 is 15.4 Å². The van der Waals surface area contributed by atoms with E-state index in [4.69, 9.17) is 12.2 Å². The Morgan fingerprint density at radius 1 is 1.28 bits per heavy atom. The largest absolute Gasteiger partial charge is 0.493 e. The Labute approximate surface area is 145 Å². The van der Waals surface area contributed by atoms with Gasteiger partial charge in [0.25, 0.3) is 5.69 Å². The van der Waals surface area contributed by atoms with E-state index in [9.17, 15) is 19.6 Å². The molecule has 0 spiro atoms. The number of thiocarbonyl (C=S) groups is 1. The second kappa shape index (κ2) is 6.61. The number of fused-ring (bicyclic) bond motifs is 1. The predicted octanol–water partition coefficient (Wildman–Crippen LogP) is 4.40. The Balaban J connectivity index is 1.77. The van der Waals surface area contributed by atoms with Gasteiger partial charge in [0, 0.05) is 23.2 Å². The van der Waals surface area contributed by atoms with Crippen LogP contribution in [-0.2, 0) is 0 Å². The average molecular weight is 359 g/mol. The Kier molecular flexibility index (Phi) is 4.35. The van der Waals surface area contributed by atoms with Gasteiger partial charge in [-0.05, 0) is 42.5 Å². The number of nitro groups is 1. The lowest BCUT2D eigenvalue weighted by molar-refractivity contribution is -0.384. The molecule has 0 atom stereocenters. The lowest BCUT2D eigenvalue weighted by atomic mass is 10.2. The molecule has 0 saturated heterocycles. The fourth-order valence-corrected chi connectivity index (χ4v) is 2.31. The molecule has 0 saturated carbocycles. The summed E-state index contributed by atoms with van der Waals surface area (Å²) >= 11 is 5.01. The first kappa shape index (κ1) is 16.5. The molecule has 3 rings (SSSR count). The van der Waals surface area contributed by atoms with Crippen LogP contribution in [0.3, 0.4) is 0 Å². The third-order valence-electron chi connectivity index (χ3n) is 3.28. The molecule has 8 nitrogen and oxygen atoms in total. The molecule has 0 radical (unpaired) electrons. The number of H-pyrrole nitrogens is 1. The number of non-ortho nitro benzene ring substituents is 1. The first-order chi connectivity index (χ1) is 11.9. The van der Waals surface area contributed by atoms with Crippen LogP contribution in [-0.4, -0.2) is 20.1 Å². The number of aromatic hydroxyl groups is 1. The van der Waals surface area contributed by atoms with Crippen molar-refractivity contribution in [2.24, 2.45) is 10.2 Å². The van der Waals surface area contributed by atoms with E-state index < -0.39 is 10.7 Å². The number of nitrogens with zero attached hydrogens (tertiary/aromatic N) is 3. The number of azo groups is 1. The maximum Gasteiger partial charge on any atom is 0.269 e. The van der Waals surface area contributed by atoms with Crippen LogP contribution >= 0.6 is 12.2 Å². The topological polar surface area (TPSA) is 116 Å². The number of aromatic nitrogens is 1. The normalized spacial score (nSPS) is 11.1. The van der Waals surface area contributed by atoms with Gasteiger partial charge in [0.15, 0.2) is 5.69 Å². The van der Waals surface area contributed by atoms with E-state index in [1.54, 1.807) is 0 Å². The van der Waals surface area contributed by atoms with Gasteiger partial charge in [0.1, 0.15) is 5.82 Å². The Morgan fingerprint density at radius 2 is 2.00 bits per heavy atom. The Bertz CT molecular complexity index is 1000. The van der Waals surface area contributed by atoms with Crippen molar-refractivity contribution in [2.45, 2.75) is 0 Å². The van der Waals surface area contributed by atoms with Gasteiger partial charge in [0.05, 0.1) is 10.4 Å². The minimum atomic E-state index is -0.513. The van der Waals surface area contributed by atoms with Crippen LogP contribution in [0.2, 0.25) is 0 Å². The maximum absolute atomic E-state index is 13.3. The van der Waals surface area contributed by atoms with Gasteiger partial charge >= 0.3 is 0 Å². The molecule has 2 aromatic carbocycles. The van der Waals surface area contributed by atoms with Gasteiger partial charge in [-0.3, -0.25) is 10.1 Å². The van der Waals surface area contributed by atoms with E-state index >= 15 is 0 Å². The molecule has 0 bridgehead atoms. The highest BCUT2D eigenvalue weighted by Gasteiger charge is 2.11. The Morgan fingerprint density at radius 3 is 2.68 bits per heavy atom. The van der Waals surface area contributed by atoms with Gasteiger partial charge in [-0.15, -0.1) is 10.2 Å². The van der Waals surface area contributed by atoms with Crippen LogP contribution in [0.4, 0.5) is 21.5 Å². The van der Waals surface area contributed by atoms with Crippen LogP contribution in [0.15, 0.2) is 52.7 Å². The molecule has 0 aliphatic carbocycles. The number of benzene rings is 2. The SMILES string of the molecule is O=[N+]([O-])c1ccc(NC(=S)N=Nc2c(O)[nH]c3ccc(F)cc23)cc1. The molecular weight excluding hydrogens is 349 g/mol. The molecule has 126 valence electrons. The average Bonchev–Trinajstić information content (AvgIpc) is 2.88. The minimum Gasteiger partial charge on any atom is -0.493 e. The first-order valence-electron chi connectivity index (χ1n) is 6.91. The van der Waals surface area contributed by atoms with E-state index in [0.29, 0.717) is 16.6 Å². The van der Waals surface area contributed by atoms with Crippen molar-refractivity contribution in [1.29, 1.82) is 0 Å². The molecule has 0 fully saturated rings. The summed E-state index contributed by atoms with van der Waals surface area (Å²) in [6.07, 6.45) is 0. The third kappa shape index (κ3) is 3.58. The molecule has 3 N–H and O–H groups in total. The second-order valence-electron chi connectivity index (χ2n) is 4.95. The molecule has 1 heterocycles. The molecule has 0 amide bonds. The number of anilines is 1. The highest BCUT2D eigenvalue weighted by Crippen LogP contribution is 2.35. The molecule has 0 aliphatic rings. The fourth-order valence-electron chi connectivity index (χ4n) is 2.15. The smallest absolute Gasteiger partial charge is 0.269 e. The summed E-state index contributed by atoms with van der Waals surface area (Å²) in [5.74, 6) is -0.739. The van der Waals surface area contributed by atoms with Crippen LogP contribution in [0, 0.1) is 15.9 Å². The second-order valence-corrected chi connectivity index (χ2v) is 5.33. The van der Waals surface area contributed by atoms with E-state index in [1.807, 2.05) is 0 Å². The number of nitro benzene ring substituents is 1. The zero-order chi connectivity index (χ0) is 18.0. The number of rotatable bonds is 3. The van der Waals surface area contributed by atoms with E-state index in [0.717, 1.165) is 0 Å². The molecule has 0 unspecified atom stereocenters. The van der Waals surface area contributed by atoms with E-state index in [-0.39, 0.29) is 22.4 Å². The van der Waals surface area contributed by atoms with Crippen LogP contribution in [0.25, 0.3) is 10.9 Å². The zero-order valence-corrected chi connectivity index (χ0v) is 13.2. The fraction of sp³-hybridized carbons (Fsp3) is 0. The van der Waals surface area contributed by atoms with Crippen LogP contribution in [0.1, 0.15) is 0 Å². The maximum atomic E-state index is 13.3. The summed E-state index contributed by atoms with van der Waals surface area (Å²) in [6, 6.07) is 9.51. The number of halogens is 1. The summed E-state index contributed by atoms with van der Waals surface area (Å²) in [4.78, 5) is 12.7. The molecule has 1 aromatic heterocycles. The summed E-state index contributed by atoms with van der Waals surface area (Å²) in [5.41, 5.74) is 0.997. The van der Waals surface area contributed by atoms with Crippen molar-refractivity contribution in [1.82, 2.24) is 4.98 Å². The van der Waals surface area contributed by atoms with Gasteiger partial charge in [-0.1, -0.05) is 0 Å². The van der Waals surface area contributed by atoms with Crippen LogP contribution < -0.4 is 5.32 Å². The van der Waals surface area contributed by atoms with Gasteiger partial charge in [-0.2, -0.15) is 0 Å². The van der Waals surface area contributed by atoms with Crippen molar-refractivity contribution in [3.63, 3.8) is 0 Å². The summed E-state index contributed by atoms with van der Waals surface area (Å²) in [5, 5.41) is 31.1. The predicted molar refractivity (Wildman–Crippen MR) is 93.8 cm³/mol. The Hall–Kier alpha value is -3.40. The number of nitrogens with one attached hydrogen (secondary N) is 2. The summed E-state index contributed by atoms with van der Waals surface area (Å²) in [6.45, 7) is 0. The summed E-state index contributed by atoms with van der Waals surface area (Å²) < 4.78 is 13.3. The number of hydrogen-bond acceptors (Lipinski definition) is 5. The quantitative estimate of drug-likeness (QED) is 0.277. The van der Waals surface area contributed by atoms with Crippen molar-refractivity contribution in [3.05, 3.63) is 58.4 Å². The van der Waals surface area contributed by atoms with Crippen molar-refractivity contribution < 1.29 is 14.4 Å². The molecule has 0 aliphatic heterocycles. The van der Waals surface area contributed by atoms with Crippen LogP contribution in [0.5, 0.6) is 5.88 Å². The standard InChI is InChI=1S/C15H10FN5O3S/c16-8-1-6-12-11(7-8)13(14(22)18-12)19-20-15(25)17-9-2-4-10(5-3-9)21(23)24/h1-7,18,22H,(H,17,25). The highest BCUT2D eigenvalue weighted by atomic mass is 32.1. The minimum absolute atomic E-state index is 0.0287. The van der Waals surface area contributed by atoms with Crippen molar-refractivity contribution in [3.8, 4) is 5.88 Å². The lowest BCUT2D eigenvalue weighted by Crippen LogP contribution is -2.04. The molecule has 25 heavy (non-hydrogen) atoms. The molecule has 3 aromatic rings. The monoisotopic (exact) mass is 359 g/mol. The summed E-state index contributed by atoms with van der Waals surface area (Å²) in [7, 11) is 0. The molecular formula is C15H10FN5O3S. The third-order valence-corrected chi connectivity index (χ3v) is 3.47. The van der Waals surface area contributed by atoms with E-state index in [2.05, 4.69) is 20.5 Å².